The number of hydrogen-bond donors (Lipinski definition) is 1. The number of benzene rings is 1. The normalized spacial score (nSPS) is 10.1. The second-order valence-corrected chi connectivity index (χ2v) is 4.24. The fourth-order valence-corrected chi connectivity index (χ4v) is 1.72. The first-order valence-corrected chi connectivity index (χ1v) is 6.22. The van der Waals surface area contributed by atoms with Crippen molar-refractivity contribution in [1.82, 2.24) is 9.78 Å². The van der Waals surface area contributed by atoms with Gasteiger partial charge in [0.25, 0.3) is 5.56 Å². The first-order valence-electron chi connectivity index (χ1n) is 6.22. The predicted molar refractivity (Wildman–Crippen MR) is 73.3 cm³/mol. The Balaban J connectivity index is 2.24. The van der Waals surface area contributed by atoms with E-state index in [-0.39, 0.29) is 18.7 Å². The van der Waals surface area contributed by atoms with E-state index >= 15 is 0 Å². The van der Waals surface area contributed by atoms with Gasteiger partial charge in [0.15, 0.2) is 0 Å². The van der Waals surface area contributed by atoms with Crippen LogP contribution in [0.5, 0.6) is 5.75 Å². The summed E-state index contributed by atoms with van der Waals surface area (Å²) in [6, 6.07) is 7.14. The average molecular weight is 288 g/mol. The number of nitriles is 1. The summed E-state index contributed by atoms with van der Waals surface area (Å²) in [6.45, 7) is 0.552. The van der Waals surface area contributed by atoms with Gasteiger partial charge in [0.05, 0.1) is 24.4 Å². The van der Waals surface area contributed by atoms with Crippen molar-refractivity contribution >= 4 is 0 Å². The van der Waals surface area contributed by atoms with Crippen LogP contribution in [0.25, 0.3) is 0 Å². The molecule has 0 radical (unpaired) electrons. The minimum atomic E-state index is -0.494. The Hall–Kier alpha value is -2.72. The van der Waals surface area contributed by atoms with Gasteiger partial charge in [-0.1, -0.05) is 0 Å². The number of nitrogens with zero attached hydrogens (tertiary/aromatic N) is 3. The van der Waals surface area contributed by atoms with Crippen molar-refractivity contribution in [3.63, 3.8) is 0 Å². The summed E-state index contributed by atoms with van der Waals surface area (Å²) in [5, 5.41) is 12.7. The highest BCUT2D eigenvalue weighted by Gasteiger charge is 2.07. The maximum Gasteiger partial charge on any atom is 0.270 e. The monoisotopic (exact) mass is 288 g/mol. The molecule has 0 aliphatic heterocycles. The van der Waals surface area contributed by atoms with Gasteiger partial charge in [0.1, 0.15) is 18.2 Å². The zero-order chi connectivity index (χ0) is 15.2. The summed E-state index contributed by atoms with van der Waals surface area (Å²) in [6.07, 6.45) is 1.36. The van der Waals surface area contributed by atoms with Crippen molar-refractivity contribution in [3.8, 4) is 11.8 Å². The number of halogens is 1. The van der Waals surface area contributed by atoms with Crippen LogP contribution < -0.4 is 16.0 Å². The lowest BCUT2D eigenvalue weighted by Crippen LogP contribution is -2.23. The van der Waals surface area contributed by atoms with E-state index in [1.807, 2.05) is 6.07 Å². The van der Waals surface area contributed by atoms with E-state index in [4.69, 9.17) is 15.7 Å². The van der Waals surface area contributed by atoms with Gasteiger partial charge in [-0.05, 0) is 18.2 Å². The number of aromatic nitrogens is 2. The fraction of sp³-hybridized carbons (Fsp3) is 0.214. The van der Waals surface area contributed by atoms with Gasteiger partial charge in [-0.15, -0.1) is 0 Å². The van der Waals surface area contributed by atoms with Crippen LogP contribution in [0.2, 0.25) is 0 Å². The second-order valence-electron chi connectivity index (χ2n) is 4.24. The molecule has 2 aromatic rings. The third kappa shape index (κ3) is 3.64. The van der Waals surface area contributed by atoms with E-state index in [0.717, 1.165) is 4.68 Å². The van der Waals surface area contributed by atoms with Crippen LogP contribution in [-0.2, 0) is 6.54 Å². The van der Waals surface area contributed by atoms with E-state index in [1.54, 1.807) is 0 Å². The summed E-state index contributed by atoms with van der Waals surface area (Å²) in [4.78, 5) is 11.9. The Morgan fingerprint density at radius 3 is 2.90 bits per heavy atom. The van der Waals surface area contributed by atoms with Crippen LogP contribution in [0.15, 0.2) is 35.3 Å². The molecule has 6 nitrogen and oxygen atoms in total. The van der Waals surface area contributed by atoms with Crippen LogP contribution in [0, 0.1) is 17.1 Å². The van der Waals surface area contributed by atoms with Crippen molar-refractivity contribution in [2.24, 2.45) is 5.73 Å². The molecule has 1 aromatic carbocycles. The van der Waals surface area contributed by atoms with Crippen molar-refractivity contribution in [1.29, 1.82) is 5.26 Å². The van der Waals surface area contributed by atoms with Crippen LogP contribution in [0.3, 0.4) is 0 Å². The van der Waals surface area contributed by atoms with Crippen molar-refractivity contribution < 1.29 is 9.13 Å². The zero-order valence-electron chi connectivity index (χ0n) is 11.1. The van der Waals surface area contributed by atoms with Gasteiger partial charge >= 0.3 is 0 Å². The van der Waals surface area contributed by atoms with Crippen LogP contribution >= 0.6 is 0 Å². The number of hydrogen-bond acceptors (Lipinski definition) is 5. The van der Waals surface area contributed by atoms with E-state index in [0.29, 0.717) is 17.9 Å². The van der Waals surface area contributed by atoms with E-state index in [1.165, 1.54) is 30.5 Å². The third-order valence-corrected chi connectivity index (χ3v) is 2.73. The Kier molecular flexibility index (Phi) is 4.64. The Morgan fingerprint density at radius 1 is 1.43 bits per heavy atom. The molecule has 7 heteroatoms. The zero-order valence-corrected chi connectivity index (χ0v) is 11.1. The Morgan fingerprint density at radius 2 is 2.24 bits per heavy atom. The molecule has 0 saturated heterocycles. The SMILES string of the molecule is N#Cc1ccc(F)c(Cn2ncc(OCCN)cc2=O)c1. The van der Waals surface area contributed by atoms with Crippen molar-refractivity contribution in [2.75, 3.05) is 13.2 Å². The molecule has 0 aliphatic carbocycles. The number of nitrogens with two attached hydrogens (primary N) is 1. The maximum atomic E-state index is 13.7. The van der Waals surface area contributed by atoms with Crippen LogP contribution in [0.4, 0.5) is 4.39 Å². The molecule has 0 aliphatic rings. The fourth-order valence-electron chi connectivity index (χ4n) is 1.72. The van der Waals surface area contributed by atoms with E-state index in [9.17, 15) is 9.18 Å². The predicted octanol–water partition coefficient (Wildman–Crippen LogP) is 0.640. The van der Waals surface area contributed by atoms with Crippen LogP contribution in [-0.4, -0.2) is 22.9 Å². The second kappa shape index (κ2) is 6.63. The van der Waals surface area contributed by atoms with Gasteiger partial charge < -0.3 is 10.5 Å². The molecule has 0 amide bonds. The molecule has 0 bridgehead atoms. The van der Waals surface area contributed by atoms with Crippen molar-refractivity contribution in [3.05, 3.63) is 57.8 Å². The molecule has 2 N–H and O–H groups in total. The average Bonchev–Trinajstić information content (AvgIpc) is 2.49. The van der Waals surface area contributed by atoms with Gasteiger partial charge in [-0.2, -0.15) is 10.4 Å². The minimum absolute atomic E-state index is 0.0582. The maximum absolute atomic E-state index is 13.7. The van der Waals surface area contributed by atoms with Crippen molar-refractivity contribution in [2.45, 2.75) is 6.54 Å². The lowest BCUT2D eigenvalue weighted by molar-refractivity contribution is 0.324. The van der Waals surface area contributed by atoms with E-state index < -0.39 is 11.4 Å². The Labute approximate surface area is 120 Å². The molecule has 0 unspecified atom stereocenters. The highest BCUT2D eigenvalue weighted by atomic mass is 19.1. The van der Waals surface area contributed by atoms with Crippen LogP contribution in [0.1, 0.15) is 11.1 Å². The molecule has 1 aromatic heterocycles. The standard InChI is InChI=1S/C14H13FN4O2/c15-13-2-1-10(7-17)5-11(13)9-19-14(20)6-12(8-18-19)21-4-3-16/h1-2,5-6,8H,3-4,9,16H2. The number of rotatable bonds is 5. The molecule has 0 atom stereocenters. The summed E-state index contributed by atoms with van der Waals surface area (Å²) in [5.41, 5.74) is 5.41. The smallest absolute Gasteiger partial charge is 0.270 e. The first kappa shape index (κ1) is 14.7. The van der Waals surface area contributed by atoms with E-state index in [2.05, 4.69) is 5.10 Å². The Bertz CT molecular complexity index is 736. The molecular formula is C14H13FN4O2. The third-order valence-electron chi connectivity index (χ3n) is 2.73. The largest absolute Gasteiger partial charge is 0.490 e. The molecule has 0 fully saturated rings. The van der Waals surface area contributed by atoms with Gasteiger partial charge in [-0.3, -0.25) is 4.79 Å². The number of ether oxygens (including phenoxy) is 1. The molecule has 21 heavy (non-hydrogen) atoms. The molecule has 0 spiro atoms. The first-order chi connectivity index (χ1) is 10.1. The molecule has 108 valence electrons. The molecular weight excluding hydrogens is 275 g/mol. The lowest BCUT2D eigenvalue weighted by atomic mass is 10.1. The molecule has 2 rings (SSSR count). The highest BCUT2D eigenvalue weighted by Crippen LogP contribution is 2.11. The highest BCUT2D eigenvalue weighted by molar-refractivity contribution is 5.33. The van der Waals surface area contributed by atoms with Gasteiger partial charge in [-0.25, -0.2) is 9.07 Å². The van der Waals surface area contributed by atoms with Gasteiger partial charge in [0, 0.05) is 18.2 Å². The topological polar surface area (TPSA) is 93.9 Å². The summed E-state index contributed by atoms with van der Waals surface area (Å²) >= 11 is 0. The summed E-state index contributed by atoms with van der Waals surface area (Å²) in [7, 11) is 0. The summed E-state index contributed by atoms with van der Waals surface area (Å²) < 4.78 is 20.0. The van der Waals surface area contributed by atoms with Gasteiger partial charge in [0.2, 0.25) is 0 Å². The quantitative estimate of drug-likeness (QED) is 0.871. The lowest BCUT2D eigenvalue weighted by Gasteiger charge is -2.08. The molecule has 1 heterocycles. The summed E-state index contributed by atoms with van der Waals surface area (Å²) in [5.74, 6) is -0.181. The minimum Gasteiger partial charge on any atom is -0.490 e. The molecule has 0 saturated carbocycles.